The standard InChI is InChI=1S/C11H18N2O2S/c1-4-8-10(11(14)15-6-3)16-9(13-8)7-12-5-2/h12H,4-7H2,1-3H3. The zero-order valence-electron chi connectivity index (χ0n) is 10.0. The molecule has 0 aromatic carbocycles. The van der Waals surface area contributed by atoms with Crippen LogP contribution in [0.2, 0.25) is 0 Å². The van der Waals surface area contributed by atoms with Gasteiger partial charge in [0.25, 0.3) is 0 Å². The molecule has 5 heteroatoms. The minimum atomic E-state index is -0.250. The summed E-state index contributed by atoms with van der Waals surface area (Å²) in [6, 6.07) is 0. The molecule has 1 aromatic heterocycles. The van der Waals surface area contributed by atoms with Crippen LogP contribution in [0.1, 0.15) is 41.1 Å². The number of nitrogens with one attached hydrogen (secondary N) is 1. The van der Waals surface area contributed by atoms with E-state index in [0.29, 0.717) is 18.0 Å². The Labute approximate surface area is 100 Å². The number of thiazole rings is 1. The van der Waals surface area contributed by atoms with Gasteiger partial charge < -0.3 is 10.1 Å². The number of hydrogen-bond donors (Lipinski definition) is 1. The number of hydrogen-bond acceptors (Lipinski definition) is 5. The van der Waals surface area contributed by atoms with Crippen molar-refractivity contribution in [1.29, 1.82) is 0 Å². The highest BCUT2D eigenvalue weighted by Gasteiger charge is 2.17. The van der Waals surface area contributed by atoms with Gasteiger partial charge in [0.05, 0.1) is 12.3 Å². The third kappa shape index (κ3) is 3.28. The molecule has 0 unspecified atom stereocenters. The summed E-state index contributed by atoms with van der Waals surface area (Å²) in [6.07, 6.45) is 0.761. The van der Waals surface area contributed by atoms with Crippen LogP contribution in [0.25, 0.3) is 0 Å². The lowest BCUT2D eigenvalue weighted by molar-refractivity contribution is 0.0530. The number of carbonyl (C=O) groups is 1. The fraction of sp³-hybridized carbons (Fsp3) is 0.636. The second-order valence-electron chi connectivity index (χ2n) is 3.24. The summed E-state index contributed by atoms with van der Waals surface area (Å²) in [5.74, 6) is -0.250. The van der Waals surface area contributed by atoms with E-state index in [9.17, 15) is 4.79 Å². The van der Waals surface area contributed by atoms with Crippen LogP contribution >= 0.6 is 11.3 Å². The fourth-order valence-electron chi connectivity index (χ4n) is 1.30. The summed E-state index contributed by atoms with van der Waals surface area (Å²) >= 11 is 1.42. The van der Waals surface area contributed by atoms with Gasteiger partial charge in [0, 0.05) is 6.54 Å². The van der Waals surface area contributed by atoms with Crippen molar-refractivity contribution in [2.24, 2.45) is 0 Å². The molecule has 1 rings (SSSR count). The Bertz CT molecular complexity index is 350. The molecule has 16 heavy (non-hydrogen) atoms. The van der Waals surface area contributed by atoms with E-state index in [1.165, 1.54) is 11.3 Å². The van der Waals surface area contributed by atoms with Crippen molar-refractivity contribution in [3.8, 4) is 0 Å². The highest BCUT2D eigenvalue weighted by atomic mass is 32.1. The average molecular weight is 242 g/mol. The largest absolute Gasteiger partial charge is 0.462 e. The Hall–Kier alpha value is -0.940. The summed E-state index contributed by atoms with van der Waals surface area (Å²) in [5.41, 5.74) is 0.844. The van der Waals surface area contributed by atoms with Gasteiger partial charge in [-0.1, -0.05) is 13.8 Å². The van der Waals surface area contributed by atoms with Crippen molar-refractivity contribution in [1.82, 2.24) is 10.3 Å². The smallest absolute Gasteiger partial charge is 0.350 e. The summed E-state index contributed by atoms with van der Waals surface area (Å²) in [7, 11) is 0. The molecule has 0 aliphatic heterocycles. The first-order chi connectivity index (χ1) is 7.72. The van der Waals surface area contributed by atoms with Crippen molar-refractivity contribution in [3.05, 3.63) is 15.6 Å². The minimum Gasteiger partial charge on any atom is -0.462 e. The van der Waals surface area contributed by atoms with Crippen LogP contribution in [0.15, 0.2) is 0 Å². The first-order valence-electron chi connectivity index (χ1n) is 5.59. The number of aryl methyl sites for hydroxylation is 1. The Balaban J connectivity index is 2.81. The van der Waals surface area contributed by atoms with Crippen LogP contribution in [0.5, 0.6) is 0 Å². The molecule has 1 aromatic rings. The zero-order chi connectivity index (χ0) is 12.0. The van der Waals surface area contributed by atoms with E-state index in [1.807, 2.05) is 20.8 Å². The normalized spacial score (nSPS) is 10.4. The Morgan fingerprint density at radius 1 is 1.44 bits per heavy atom. The third-order valence-corrected chi connectivity index (χ3v) is 3.14. The molecule has 0 radical (unpaired) electrons. The van der Waals surface area contributed by atoms with Crippen LogP contribution in [0.4, 0.5) is 0 Å². The third-order valence-electron chi connectivity index (χ3n) is 2.06. The van der Waals surface area contributed by atoms with Gasteiger partial charge >= 0.3 is 5.97 Å². The van der Waals surface area contributed by atoms with Gasteiger partial charge in [0.1, 0.15) is 9.88 Å². The molecule has 0 fully saturated rings. The average Bonchev–Trinajstić information content (AvgIpc) is 2.70. The minimum absolute atomic E-state index is 0.250. The molecule has 0 atom stereocenters. The van der Waals surface area contributed by atoms with E-state index in [0.717, 1.165) is 23.7 Å². The molecule has 1 N–H and O–H groups in total. The highest BCUT2D eigenvalue weighted by Crippen LogP contribution is 2.20. The van der Waals surface area contributed by atoms with Crippen molar-refractivity contribution in [3.63, 3.8) is 0 Å². The Morgan fingerprint density at radius 3 is 2.75 bits per heavy atom. The molecule has 0 amide bonds. The maximum Gasteiger partial charge on any atom is 0.350 e. The lowest BCUT2D eigenvalue weighted by atomic mass is 10.3. The van der Waals surface area contributed by atoms with E-state index in [-0.39, 0.29) is 5.97 Å². The molecule has 0 spiro atoms. The maximum absolute atomic E-state index is 11.6. The topological polar surface area (TPSA) is 51.2 Å². The second kappa shape index (κ2) is 6.60. The van der Waals surface area contributed by atoms with E-state index >= 15 is 0 Å². The molecular weight excluding hydrogens is 224 g/mol. The number of nitrogens with zero attached hydrogens (tertiary/aromatic N) is 1. The monoisotopic (exact) mass is 242 g/mol. The first kappa shape index (κ1) is 13.1. The van der Waals surface area contributed by atoms with E-state index < -0.39 is 0 Å². The van der Waals surface area contributed by atoms with E-state index in [4.69, 9.17) is 4.74 Å². The molecule has 0 aliphatic carbocycles. The van der Waals surface area contributed by atoms with E-state index in [1.54, 1.807) is 0 Å². The van der Waals surface area contributed by atoms with Gasteiger partial charge in [-0.3, -0.25) is 0 Å². The lowest BCUT2D eigenvalue weighted by Crippen LogP contribution is -2.11. The second-order valence-corrected chi connectivity index (χ2v) is 4.32. The van der Waals surface area contributed by atoms with Crippen molar-refractivity contribution in [2.45, 2.75) is 33.7 Å². The van der Waals surface area contributed by atoms with Crippen LogP contribution in [-0.2, 0) is 17.7 Å². The fourth-order valence-corrected chi connectivity index (χ4v) is 2.32. The number of ether oxygens (including phenoxy) is 1. The summed E-state index contributed by atoms with van der Waals surface area (Å²) in [6.45, 7) is 7.87. The molecule has 1 heterocycles. The molecule has 0 aliphatic rings. The van der Waals surface area contributed by atoms with Crippen LogP contribution in [0, 0.1) is 0 Å². The lowest BCUT2D eigenvalue weighted by Gasteiger charge is -1.99. The number of carbonyl (C=O) groups excluding carboxylic acids is 1. The summed E-state index contributed by atoms with van der Waals surface area (Å²) in [4.78, 5) is 16.7. The highest BCUT2D eigenvalue weighted by molar-refractivity contribution is 7.13. The van der Waals surface area contributed by atoms with Crippen molar-refractivity contribution in [2.75, 3.05) is 13.2 Å². The number of rotatable bonds is 6. The predicted molar refractivity (Wildman–Crippen MR) is 64.8 cm³/mol. The maximum atomic E-state index is 11.6. The van der Waals surface area contributed by atoms with Gasteiger partial charge in [-0.05, 0) is 19.9 Å². The van der Waals surface area contributed by atoms with Crippen molar-refractivity contribution >= 4 is 17.3 Å². The quantitative estimate of drug-likeness (QED) is 0.775. The molecule has 0 saturated carbocycles. The van der Waals surface area contributed by atoms with Crippen LogP contribution in [0.3, 0.4) is 0 Å². The molecular formula is C11H18N2O2S. The van der Waals surface area contributed by atoms with Gasteiger partial charge in [-0.15, -0.1) is 11.3 Å². The van der Waals surface area contributed by atoms with Crippen LogP contribution in [-0.4, -0.2) is 24.1 Å². The first-order valence-corrected chi connectivity index (χ1v) is 6.40. The van der Waals surface area contributed by atoms with E-state index in [2.05, 4.69) is 10.3 Å². The molecule has 4 nitrogen and oxygen atoms in total. The number of aromatic nitrogens is 1. The van der Waals surface area contributed by atoms with Gasteiger partial charge in [-0.2, -0.15) is 0 Å². The Kier molecular flexibility index (Phi) is 5.42. The molecule has 90 valence electrons. The zero-order valence-corrected chi connectivity index (χ0v) is 10.8. The predicted octanol–water partition coefficient (Wildman–Crippen LogP) is 1.99. The number of esters is 1. The summed E-state index contributed by atoms with van der Waals surface area (Å²) < 4.78 is 5.00. The molecule has 0 saturated heterocycles. The van der Waals surface area contributed by atoms with Gasteiger partial charge in [0.15, 0.2) is 0 Å². The summed E-state index contributed by atoms with van der Waals surface area (Å²) in [5, 5.41) is 4.14. The van der Waals surface area contributed by atoms with Gasteiger partial charge in [0.2, 0.25) is 0 Å². The molecule has 0 bridgehead atoms. The Morgan fingerprint density at radius 2 is 2.19 bits per heavy atom. The van der Waals surface area contributed by atoms with Crippen LogP contribution < -0.4 is 5.32 Å². The van der Waals surface area contributed by atoms with Gasteiger partial charge in [-0.25, -0.2) is 9.78 Å². The SMILES string of the molecule is CCNCc1nc(CC)c(C(=O)OCC)s1. The van der Waals surface area contributed by atoms with Crippen molar-refractivity contribution < 1.29 is 9.53 Å².